The Morgan fingerprint density at radius 3 is 2.55 bits per heavy atom. The highest BCUT2D eigenvalue weighted by molar-refractivity contribution is 5.94. The summed E-state index contributed by atoms with van der Waals surface area (Å²) in [4.78, 5) is 19.4. The summed E-state index contributed by atoms with van der Waals surface area (Å²) in [5, 5.41) is 9.93. The van der Waals surface area contributed by atoms with Gasteiger partial charge < -0.3 is 14.9 Å². The van der Waals surface area contributed by atoms with Crippen LogP contribution in [0.5, 0.6) is 5.75 Å². The van der Waals surface area contributed by atoms with Crippen molar-refractivity contribution in [2.75, 3.05) is 44.2 Å². The summed E-state index contributed by atoms with van der Waals surface area (Å²) >= 11 is 0. The lowest BCUT2D eigenvalue weighted by atomic mass is 10.0. The van der Waals surface area contributed by atoms with Gasteiger partial charge in [0.25, 0.3) is 5.91 Å². The van der Waals surface area contributed by atoms with Gasteiger partial charge in [-0.15, -0.1) is 0 Å². The third kappa shape index (κ3) is 4.22. The minimum Gasteiger partial charge on any atom is -0.508 e. The van der Waals surface area contributed by atoms with E-state index in [4.69, 9.17) is 0 Å². The fourth-order valence-corrected chi connectivity index (χ4v) is 4.40. The van der Waals surface area contributed by atoms with Crippen molar-refractivity contribution in [2.24, 2.45) is 0 Å². The maximum Gasteiger partial charge on any atom is 0.254 e. The minimum atomic E-state index is -0.170. The zero-order valence-corrected chi connectivity index (χ0v) is 16.9. The number of anilines is 1. The van der Waals surface area contributed by atoms with Crippen LogP contribution < -0.4 is 4.90 Å². The molecule has 1 amide bonds. The lowest BCUT2D eigenvalue weighted by Gasteiger charge is -2.44. The van der Waals surface area contributed by atoms with E-state index in [1.54, 1.807) is 24.3 Å². The second-order valence-electron chi connectivity index (χ2n) is 8.02. The number of carbonyl (C=O) groups excluding carboxylic acids is 1. The van der Waals surface area contributed by atoms with Gasteiger partial charge in [0.1, 0.15) is 11.6 Å². The van der Waals surface area contributed by atoms with Crippen LogP contribution in [0.1, 0.15) is 28.8 Å². The molecular weight excluding hydrogens is 369 g/mol. The highest BCUT2D eigenvalue weighted by Crippen LogP contribution is 2.24. The molecule has 0 radical (unpaired) electrons. The molecule has 0 saturated carbocycles. The van der Waals surface area contributed by atoms with Crippen molar-refractivity contribution in [1.82, 2.24) is 9.80 Å². The van der Waals surface area contributed by atoms with Crippen molar-refractivity contribution in [2.45, 2.75) is 25.8 Å². The van der Waals surface area contributed by atoms with Crippen molar-refractivity contribution in [3.05, 3.63) is 59.4 Å². The van der Waals surface area contributed by atoms with E-state index in [-0.39, 0.29) is 17.5 Å². The molecule has 6 heteroatoms. The molecule has 0 aliphatic carbocycles. The van der Waals surface area contributed by atoms with Crippen LogP contribution in [-0.4, -0.2) is 66.1 Å². The summed E-state index contributed by atoms with van der Waals surface area (Å²) in [6.07, 6.45) is 2.05. The first-order valence-corrected chi connectivity index (χ1v) is 10.4. The summed E-state index contributed by atoms with van der Waals surface area (Å²) < 4.78 is 14.1. The summed E-state index contributed by atoms with van der Waals surface area (Å²) in [6, 6.07) is 12.4. The maximum absolute atomic E-state index is 14.1. The second kappa shape index (κ2) is 8.41. The zero-order chi connectivity index (χ0) is 20.4. The number of phenolic OH excluding ortho intramolecular Hbond substituents is 1. The van der Waals surface area contributed by atoms with Gasteiger partial charge in [0, 0.05) is 50.9 Å². The zero-order valence-electron chi connectivity index (χ0n) is 16.9. The van der Waals surface area contributed by atoms with Gasteiger partial charge in [-0.1, -0.05) is 18.2 Å². The maximum atomic E-state index is 14.1. The molecule has 2 fully saturated rings. The van der Waals surface area contributed by atoms with Gasteiger partial charge in [0.15, 0.2) is 0 Å². The Labute approximate surface area is 171 Å². The molecule has 1 N–H and O–H groups in total. The highest BCUT2D eigenvalue weighted by atomic mass is 19.1. The number of carbonyl (C=O) groups is 1. The molecule has 4 rings (SSSR count). The molecule has 2 aromatic rings. The van der Waals surface area contributed by atoms with Crippen LogP contribution in [0.25, 0.3) is 0 Å². The van der Waals surface area contributed by atoms with Crippen LogP contribution >= 0.6 is 0 Å². The predicted molar refractivity (Wildman–Crippen MR) is 112 cm³/mol. The van der Waals surface area contributed by atoms with Crippen molar-refractivity contribution >= 4 is 11.6 Å². The van der Waals surface area contributed by atoms with Gasteiger partial charge in [-0.2, -0.15) is 0 Å². The third-order valence-electron chi connectivity index (χ3n) is 6.16. The number of hydrogen-bond acceptors (Lipinski definition) is 4. The van der Waals surface area contributed by atoms with Crippen LogP contribution in [0.2, 0.25) is 0 Å². The number of piperidine rings is 1. The van der Waals surface area contributed by atoms with E-state index in [1.807, 2.05) is 24.0 Å². The molecule has 29 heavy (non-hydrogen) atoms. The predicted octanol–water partition coefficient (Wildman–Crippen LogP) is 3.27. The van der Waals surface area contributed by atoms with Crippen LogP contribution in [0.3, 0.4) is 0 Å². The van der Waals surface area contributed by atoms with E-state index in [2.05, 4.69) is 9.80 Å². The Kier molecular flexibility index (Phi) is 5.72. The number of nitrogens with zero attached hydrogens (tertiary/aromatic N) is 3. The van der Waals surface area contributed by atoms with Gasteiger partial charge in [0.05, 0.1) is 5.69 Å². The number of piperazine rings is 1. The van der Waals surface area contributed by atoms with Crippen molar-refractivity contribution in [1.29, 1.82) is 0 Å². The van der Waals surface area contributed by atoms with Gasteiger partial charge in [-0.3, -0.25) is 9.69 Å². The average Bonchev–Trinajstić information content (AvgIpc) is 2.76. The molecule has 0 spiro atoms. The van der Waals surface area contributed by atoms with Crippen LogP contribution in [0.4, 0.5) is 10.1 Å². The monoisotopic (exact) mass is 397 g/mol. The molecule has 0 bridgehead atoms. The number of hydrogen-bond donors (Lipinski definition) is 1. The molecule has 2 aliphatic heterocycles. The van der Waals surface area contributed by atoms with E-state index < -0.39 is 0 Å². The Balaban J connectivity index is 1.37. The standard InChI is InChI=1S/C23H28FN3O2/c1-17-8-9-18(15-22(17)28)23(29)27-10-4-5-19(16-27)25-11-13-26(14-12-25)21-7-3-2-6-20(21)24/h2-3,6-9,15,19,28H,4-5,10-14,16H2,1H3/t19-/m1/s1. The number of amides is 1. The number of halogens is 1. The topological polar surface area (TPSA) is 47.0 Å². The number of para-hydroxylation sites is 1. The summed E-state index contributed by atoms with van der Waals surface area (Å²) in [5.74, 6) is -0.0274. The van der Waals surface area contributed by atoms with Crippen molar-refractivity contribution in [3.63, 3.8) is 0 Å². The van der Waals surface area contributed by atoms with Crippen LogP contribution in [-0.2, 0) is 0 Å². The minimum absolute atomic E-state index is 0.0185. The van der Waals surface area contributed by atoms with Crippen LogP contribution in [0.15, 0.2) is 42.5 Å². The molecule has 0 unspecified atom stereocenters. The van der Waals surface area contributed by atoms with Gasteiger partial charge in [-0.05, 0) is 49.6 Å². The molecule has 0 aromatic heterocycles. The molecule has 2 heterocycles. The fourth-order valence-electron chi connectivity index (χ4n) is 4.40. The first-order chi connectivity index (χ1) is 14.0. The van der Waals surface area contributed by atoms with Gasteiger partial charge in [0.2, 0.25) is 0 Å². The first kappa shape index (κ1) is 19.7. The normalized spacial score (nSPS) is 20.7. The molecule has 5 nitrogen and oxygen atoms in total. The van der Waals surface area contributed by atoms with Crippen molar-refractivity contribution in [3.8, 4) is 5.75 Å². The van der Waals surface area contributed by atoms with Crippen molar-refractivity contribution < 1.29 is 14.3 Å². The first-order valence-electron chi connectivity index (χ1n) is 10.4. The number of benzene rings is 2. The SMILES string of the molecule is Cc1ccc(C(=O)N2CCC[C@@H](N3CCN(c4ccccc4F)CC3)C2)cc1O. The second-order valence-corrected chi connectivity index (χ2v) is 8.02. The summed E-state index contributed by atoms with van der Waals surface area (Å²) in [7, 11) is 0. The molecule has 2 saturated heterocycles. The molecule has 1 atom stereocenters. The quantitative estimate of drug-likeness (QED) is 0.864. The van der Waals surface area contributed by atoms with E-state index in [0.29, 0.717) is 23.8 Å². The molecule has 154 valence electrons. The van der Waals surface area contributed by atoms with E-state index >= 15 is 0 Å². The molecular formula is C23H28FN3O2. The van der Waals surface area contributed by atoms with Gasteiger partial charge in [-0.25, -0.2) is 4.39 Å². The smallest absolute Gasteiger partial charge is 0.254 e. The highest BCUT2D eigenvalue weighted by Gasteiger charge is 2.31. The van der Waals surface area contributed by atoms with E-state index in [9.17, 15) is 14.3 Å². The number of aromatic hydroxyl groups is 1. The number of phenols is 1. The summed E-state index contributed by atoms with van der Waals surface area (Å²) in [5.41, 5.74) is 1.98. The Morgan fingerprint density at radius 1 is 1.07 bits per heavy atom. The number of rotatable bonds is 3. The van der Waals surface area contributed by atoms with E-state index in [0.717, 1.165) is 51.1 Å². The third-order valence-corrected chi connectivity index (χ3v) is 6.16. The summed E-state index contributed by atoms with van der Waals surface area (Å²) in [6.45, 7) is 6.58. The lowest BCUT2D eigenvalue weighted by Crippen LogP contribution is -2.56. The average molecular weight is 397 g/mol. The Hall–Kier alpha value is -2.60. The van der Waals surface area contributed by atoms with Crippen LogP contribution in [0, 0.1) is 12.7 Å². The number of aryl methyl sites for hydroxylation is 1. The van der Waals surface area contributed by atoms with E-state index in [1.165, 1.54) is 6.07 Å². The lowest BCUT2D eigenvalue weighted by molar-refractivity contribution is 0.0563. The fraction of sp³-hybridized carbons (Fsp3) is 0.435. The largest absolute Gasteiger partial charge is 0.508 e. The van der Waals surface area contributed by atoms with Gasteiger partial charge >= 0.3 is 0 Å². The number of likely N-dealkylation sites (tertiary alicyclic amines) is 1. The Bertz CT molecular complexity index is 880. The Morgan fingerprint density at radius 2 is 1.83 bits per heavy atom. The molecule has 2 aliphatic rings. The molecule has 2 aromatic carbocycles.